The maximum Gasteiger partial charge on any atom is 0.258 e. The van der Waals surface area contributed by atoms with E-state index in [-0.39, 0.29) is 17.4 Å². The van der Waals surface area contributed by atoms with Crippen molar-refractivity contribution in [2.45, 2.75) is 32.4 Å². The van der Waals surface area contributed by atoms with Gasteiger partial charge in [0.15, 0.2) is 0 Å². The van der Waals surface area contributed by atoms with Gasteiger partial charge in [-0.3, -0.25) is 4.79 Å². The number of nitrogens with two attached hydrogens (primary N) is 1. The fourth-order valence-corrected chi connectivity index (χ4v) is 1.36. The molecule has 0 fully saturated rings. The first-order valence-electron chi connectivity index (χ1n) is 5.70. The van der Waals surface area contributed by atoms with E-state index in [0.717, 1.165) is 0 Å². The molecule has 1 amide bonds. The number of hydrogen-bond donors (Lipinski definition) is 2. The van der Waals surface area contributed by atoms with Crippen LogP contribution in [0.25, 0.3) is 0 Å². The normalized spacial score (nSPS) is 13.0. The van der Waals surface area contributed by atoms with Crippen LogP contribution in [0.2, 0.25) is 0 Å². The second-order valence-corrected chi connectivity index (χ2v) is 4.78. The number of hydrogen-bond acceptors (Lipinski definition) is 3. The largest absolute Gasteiger partial charge is 0.496 e. The molecule has 4 nitrogen and oxygen atoms in total. The Kier molecular flexibility index (Phi) is 4.29. The molecule has 0 spiro atoms. The lowest BCUT2D eigenvalue weighted by Crippen LogP contribution is -2.54. The third-order valence-corrected chi connectivity index (χ3v) is 3.00. The van der Waals surface area contributed by atoms with E-state index in [9.17, 15) is 9.18 Å². The molecule has 1 rings (SSSR count). The van der Waals surface area contributed by atoms with Gasteiger partial charge in [0.05, 0.1) is 7.11 Å². The standard InChI is InChI=1S/C13H19FN2O2/c1-8(15)13(2,3)16-12(17)11-9(14)6-5-7-10(11)18-4/h5-8H,15H2,1-4H3,(H,16,17). The summed E-state index contributed by atoms with van der Waals surface area (Å²) in [6.45, 7) is 5.34. The molecular formula is C13H19FN2O2. The molecule has 0 aliphatic carbocycles. The van der Waals surface area contributed by atoms with Crippen molar-refractivity contribution in [1.29, 1.82) is 0 Å². The summed E-state index contributed by atoms with van der Waals surface area (Å²) in [5.74, 6) is -0.951. The van der Waals surface area contributed by atoms with Gasteiger partial charge < -0.3 is 15.8 Å². The van der Waals surface area contributed by atoms with Gasteiger partial charge in [-0.25, -0.2) is 4.39 Å². The molecule has 0 aliphatic heterocycles. The zero-order valence-electron chi connectivity index (χ0n) is 11.1. The first-order valence-corrected chi connectivity index (χ1v) is 5.70. The summed E-state index contributed by atoms with van der Waals surface area (Å²) in [5, 5.41) is 2.70. The maximum absolute atomic E-state index is 13.7. The predicted octanol–water partition coefficient (Wildman–Crippen LogP) is 1.69. The summed E-state index contributed by atoms with van der Waals surface area (Å²) in [5.41, 5.74) is 5.03. The first kappa shape index (κ1) is 14.4. The molecule has 0 saturated heterocycles. The van der Waals surface area contributed by atoms with Crippen LogP contribution in [0.3, 0.4) is 0 Å². The van der Waals surface area contributed by atoms with Crippen molar-refractivity contribution < 1.29 is 13.9 Å². The molecular weight excluding hydrogens is 235 g/mol. The third kappa shape index (κ3) is 2.98. The fraction of sp³-hybridized carbons (Fsp3) is 0.462. The highest BCUT2D eigenvalue weighted by atomic mass is 19.1. The van der Waals surface area contributed by atoms with Crippen LogP contribution in [0, 0.1) is 5.82 Å². The second-order valence-electron chi connectivity index (χ2n) is 4.78. The quantitative estimate of drug-likeness (QED) is 0.859. The first-order chi connectivity index (χ1) is 8.29. The summed E-state index contributed by atoms with van der Waals surface area (Å²) in [4.78, 5) is 12.1. The number of methoxy groups -OCH3 is 1. The molecule has 0 aromatic heterocycles. The molecule has 0 aliphatic rings. The van der Waals surface area contributed by atoms with Crippen LogP contribution in [0.15, 0.2) is 18.2 Å². The van der Waals surface area contributed by atoms with Crippen molar-refractivity contribution in [3.05, 3.63) is 29.6 Å². The van der Waals surface area contributed by atoms with Crippen LogP contribution >= 0.6 is 0 Å². The van der Waals surface area contributed by atoms with E-state index in [2.05, 4.69) is 5.32 Å². The molecule has 5 heteroatoms. The monoisotopic (exact) mass is 254 g/mol. The van der Waals surface area contributed by atoms with Gasteiger partial charge in [0.1, 0.15) is 17.1 Å². The van der Waals surface area contributed by atoms with Crippen molar-refractivity contribution in [2.24, 2.45) is 5.73 Å². The highest BCUT2D eigenvalue weighted by Crippen LogP contribution is 2.22. The van der Waals surface area contributed by atoms with Gasteiger partial charge in [-0.2, -0.15) is 0 Å². The number of benzene rings is 1. The van der Waals surface area contributed by atoms with Gasteiger partial charge in [-0.15, -0.1) is 0 Å². The van der Waals surface area contributed by atoms with E-state index >= 15 is 0 Å². The topological polar surface area (TPSA) is 64.3 Å². The van der Waals surface area contributed by atoms with Crippen molar-refractivity contribution >= 4 is 5.91 Å². The number of halogens is 1. The summed E-state index contributed by atoms with van der Waals surface area (Å²) in [6, 6.07) is 3.98. The Labute approximate surface area is 106 Å². The molecule has 0 saturated carbocycles. The van der Waals surface area contributed by atoms with Crippen molar-refractivity contribution in [1.82, 2.24) is 5.32 Å². The predicted molar refractivity (Wildman–Crippen MR) is 68.1 cm³/mol. The van der Waals surface area contributed by atoms with Crippen molar-refractivity contribution in [3.63, 3.8) is 0 Å². The Hall–Kier alpha value is -1.62. The molecule has 0 radical (unpaired) electrons. The molecule has 1 aromatic rings. The minimum absolute atomic E-state index is 0.103. The van der Waals surface area contributed by atoms with Gasteiger partial charge >= 0.3 is 0 Å². The number of carbonyl (C=O) groups is 1. The van der Waals surface area contributed by atoms with Crippen LogP contribution in [0.4, 0.5) is 4.39 Å². The highest BCUT2D eigenvalue weighted by Gasteiger charge is 2.28. The molecule has 3 N–H and O–H groups in total. The van der Waals surface area contributed by atoms with E-state index < -0.39 is 17.3 Å². The smallest absolute Gasteiger partial charge is 0.258 e. The maximum atomic E-state index is 13.7. The molecule has 1 atom stereocenters. The number of amides is 1. The van der Waals surface area contributed by atoms with Crippen LogP contribution in [-0.2, 0) is 0 Å². The molecule has 0 heterocycles. The van der Waals surface area contributed by atoms with E-state index in [0.29, 0.717) is 0 Å². The summed E-state index contributed by atoms with van der Waals surface area (Å²) < 4.78 is 18.7. The highest BCUT2D eigenvalue weighted by molar-refractivity contribution is 5.97. The van der Waals surface area contributed by atoms with E-state index in [4.69, 9.17) is 10.5 Å². The van der Waals surface area contributed by atoms with Crippen molar-refractivity contribution in [2.75, 3.05) is 7.11 Å². The average molecular weight is 254 g/mol. The summed E-state index contributed by atoms with van der Waals surface area (Å²) >= 11 is 0. The summed E-state index contributed by atoms with van der Waals surface area (Å²) in [6.07, 6.45) is 0. The Morgan fingerprint density at radius 3 is 2.61 bits per heavy atom. The number of nitrogens with one attached hydrogen (secondary N) is 1. The molecule has 18 heavy (non-hydrogen) atoms. The number of ether oxygens (including phenoxy) is 1. The van der Waals surface area contributed by atoms with E-state index in [1.807, 2.05) is 0 Å². The number of carbonyl (C=O) groups excluding carboxylic acids is 1. The zero-order chi connectivity index (χ0) is 13.9. The van der Waals surface area contributed by atoms with Gasteiger partial charge in [0, 0.05) is 11.6 Å². The Balaban J connectivity index is 3.05. The van der Waals surface area contributed by atoms with Gasteiger partial charge in [-0.05, 0) is 32.9 Å². The molecule has 0 bridgehead atoms. The Morgan fingerprint density at radius 1 is 1.50 bits per heavy atom. The average Bonchev–Trinajstić information content (AvgIpc) is 2.27. The Bertz CT molecular complexity index is 445. The third-order valence-electron chi connectivity index (χ3n) is 3.00. The van der Waals surface area contributed by atoms with Crippen LogP contribution < -0.4 is 15.8 Å². The lowest BCUT2D eigenvalue weighted by molar-refractivity contribution is 0.0896. The zero-order valence-corrected chi connectivity index (χ0v) is 11.1. The molecule has 100 valence electrons. The Morgan fingerprint density at radius 2 is 2.11 bits per heavy atom. The van der Waals surface area contributed by atoms with Crippen molar-refractivity contribution in [3.8, 4) is 5.75 Å². The SMILES string of the molecule is COc1cccc(F)c1C(=O)NC(C)(C)C(C)N. The van der Waals surface area contributed by atoms with Crippen LogP contribution in [0.1, 0.15) is 31.1 Å². The minimum atomic E-state index is -0.635. The fourth-order valence-electron chi connectivity index (χ4n) is 1.36. The lowest BCUT2D eigenvalue weighted by atomic mass is 9.96. The van der Waals surface area contributed by atoms with Gasteiger partial charge in [0.2, 0.25) is 0 Å². The number of rotatable bonds is 4. The van der Waals surface area contributed by atoms with Gasteiger partial charge in [0.25, 0.3) is 5.91 Å². The van der Waals surface area contributed by atoms with Crippen LogP contribution in [0.5, 0.6) is 5.75 Å². The van der Waals surface area contributed by atoms with Crippen LogP contribution in [-0.4, -0.2) is 24.6 Å². The summed E-state index contributed by atoms with van der Waals surface area (Å²) in [7, 11) is 1.39. The molecule has 1 aromatic carbocycles. The second kappa shape index (κ2) is 5.35. The van der Waals surface area contributed by atoms with E-state index in [1.54, 1.807) is 20.8 Å². The lowest BCUT2D eigenvalue weighted by Gasteiger charge is -2.30. The van der Waals surface area contributed by atoms with E-state index in [1.165, 1.54) is 25.3 Å². The molecule has 1 unspecified atom stereocenters. The minimum Gasteiger partial charge on any atom is -0.496 e. The van der Waals surface area contributed by atoms with Gasteiger partial charge in [-0.1, -0.05) is 6.07 Å².